The van der Waals surface area contributed by atoms with Gasteiger partial charge in [0.25, 0.3) is 0 Å². The number of hydrogen-bond donors (Lipinski definition) is 2. The van der Waals surface area contributed by atoms with E-state index in [0.29, 0.717) is 6.42 Å². The number of carbonyl (C=O) groups excluding carboxylic acids is 1. The average Bonchev–Trinajstić information content (AvgIpc) is 2.38. The van der Waals surface area contributed by atoms with Gasteiger partial charge in [-0.25, -0.2) is 0 Å². The largest absolute Gasteiger partial charge is 0.394 e. The summed E-state index contributed by atoms with van der Waals surface area (Å²) in [6.07, 6.45) is 0.342. The minimum absolute atomic E-state index is 0.0382. The molecule has 0 saturated carbocycles. The summed E-state index contributed by atoms with van der Waals surface area (Å²) in [6, 6.07) is 13.9. The summed E-state index contributed by atoms with van der Waals surface area (Å²) in [5.41, 5.74) is 0.983. The van der Waals surface area contributed by atoms with E-state index in [9.17, 15) is 4.79 Å². The van der Waals surface area contributed by atoms with Crippen LogP contribution in [0.5, 0.6) is 0 Å². The maximum Gasteiger partial charge on any atom is 0.224 e. The molecule has 0 bridgehead atoms. The second kappa shape index (κ2) is 5.65. The Hall–Kier alpha value is -1.87. The second-order valence-corrected chi connectivity index (χ2v) is 4.51. The van der Waals surface area contributed by atoms with Gasteiger partial charge in [0.05, 0.1) is 13.0 Å². The number of aliphatic hydroxyl groups is 1. The number of benzene rings is 2. The van der Waals surface area contributed by atoms with Gasteiger partial charge in [-0.05, 0) is 23.3 Å². The van der Waals surface area contributed by atoms with Crippen LogP contribution in [0, 0.1) is 0 Å². The molecule has 2 rings (SSSR count). The quantitative estimate of drug-likeness (QED) is 0.861. The Balaban J connectivity index is 2.10. The molecule has 3 heteroatoms. The maximum absolute atomic E-state index is 11.7. The van der Waals surface area contributed by atoms with E-state index < -0.39 is 0 Å². The average molecular weight is 243 g/mol. The Kier molecular flexibility index (Phi) is 3.95. The van der Waals surface area contributed by atoms with Crippen molar-refractivity contribution >= 4 is 16.7 Å². The van der Waals surface area contributed by atoms with E-state index in [-0.39, 0.29) is 18.6 Å². The van der Waals surface area contributed by atoms with Crippen LogP contribution in [0.3, 0.4) is 0 Å². The predicted octanol–water partition coefficient (Wildman–Crippen LogP) is 1.88. The highest BCUT2D eigenvalue weighted by molar-refractivity contribution is 5.85. The monoisotopic (exact) mass is 243 g/mol. The molecular weight excluding hydrogens is 226 g/mol. The third kappa shape index (κ3) is 3.08. The van der Waals surface area contributed by atoms with Crippen molar-refractivity contribution in [3.8, 4) is 0 Å². The minimum Gasteiger partial charge on any atom is -0.394 e. The van der Waals surface area contributed by atoms with Crippen LogP contribution in [0.2, 0.25) is 0 Å². The van der Waals surface area contributed by atoms with Gasteiger partial charge in [-0.15, -0.1) is 0 Å². The molecule has 2 aromatic rings. The topological polar surface area (TPSA) is 49.3 Å². The summed E-state index contributed by atoms with van der Waals surface area (Å²) in [5.74, 6) is -0.0631. The predicted molar refractivity (Wildman–Crippen MR) is 72.3 cm³/mol. The van der Waals surface area contributed by atoms with Gasteiger partial charge in [0.1, 0.15) is 0 Å². The van der Waals surface area contributed by atoms with E-state index in [1.807, 2.05) is 42.5 Å². The molecule has 18 heavy (non-hydrogen) atoms. The lowest BCUT2D eigenvalue weighted by molar-refractivity contribution is -0.121. The van der Waals surface area contributed by atoms with Gasteiger partial charge in [0, 0.05) is 6.04 Å². The van der Waals surface area contributed by atoms with E-state index >= 15 is 0 Å². The molecule has 0 radical (unpaired) electrons. The fraction of sp³-hybridized carbons (Fsp3) is 0.267. The summed E-state index contributed by atoms with van der Waals surface area (Å²) < 4.78 is 0. The standard InChI is InChI=1S/C15H17NO2/c1-11(10-17)16-15(18)9-12-6-7-13-4-2-3-5-14(13)8-12/h2-8,11,17H,9-10H2,1H3,(H,16,18)/t11-/m0/s1. The zero-order valence-corrected chi connectivity index (χ0v) is 10.4. The van der Waals surface area contributed by atoms with Crippen molar-refractivity contribution in [3.63, 3.8) is 0 Å². The molecule has 0 unspecified atom stereocenters. The maximum atomic E-state index is 11.7. The second-order valence-electron chi connectivity index (χ2n) is 4.51. The number of amides is 1. The summed E-state index contributed by atoms with van der Waals surface area (Å²) in [6.45, 7) is 1.74. The smallest absolute Gasteiger partial charge is 0.224 e. The van der Waals surface area contributed by atoms with Crippen LogP contribution in [-0.2, 0) is 11.2 Å². The van der Waals surface area contributed by atoms with Crippen molar-refractivity contribution in [1.82, 2.24) is 5.32 Å². The minimum atomic E-state index is -0.196. The number of aliphatic hydroxyl groups excluding tert-OH is 1. The first kappa shape index (κ1) is 12.6. The molecular formula is C15H17NO2. The van der Waals surface area contributed by atoms with Crippen LogP contribution in [0.25, 0.3) is 10.8 Å². The van der Waals surface area contributed by atoms with Crippen molar-refractivity contribution in [2.45, 2.75) is 19.4 Å². The summed E-state index contributed by atoms with van der Waals surface area (Å²) in [7, 11) is 0. The van der Waals surface area contributed by atoms with E-state index in [0.717, 1.165) is 10.9 Å². The normalized spacial score (nSPS) is 12.3. The van der Waals surface area contributed by atoms with E-state index in [1.165, 1.54) is 5.39 Å². The molecule has 0 fully saturated rings. The van der Waals surface area contributed by atoms with Crippen molar-refractivity contribution < 1.29 is 9.90 Å². The molecule has 94 valence electrons. The SMILES string of the molecule is C[C@@H](CO)NC(=O)Cc1ccc2ccccc2c1. The molecule has 1 amide bonds. The summed E-state index contributed by atoms with van der Waals surface area (Å²) in [5, 5.41) is 13.9. The molecule has 2 aromatic carbocycles. The number of carbonyl (C=O) groups is 1. The lowest BCUT2D eigenvalue weighted by Gasteiger charge is -2.10. The van der Waals surface area contributed by atoms with Crippen LogP contribution in [0.1, 0.15) is 12.5 Å². The van der Waals surface area contributed by atoms with Gasteiger partial charge in [-0.2, -0.15) is 0 Å². The van der Waals surface area contributed by atoms with E-state index in [4.69, 9.17) is 5.11 Å². The Labute approximate surface area is 106 Å². The summed E-state index contributed by atoms with van der Waals surface area (Å²) >= 11 is 0. The molecule has 0 saturated heterocycles. The molecule has 3 nitrogen and oxygen atoms in total. The van der Waals surface area contributed by atoms with E-state index in [2.05, 4.69) is 5.32 Å². The van der Waals surface area contributed by atoms with Crippen molar-refractivity contribution in [2.75, 3.05) is 6.61 Å². The fourth-order valence-electron chi connectivity index (χ4n) is 1.91. The highest BCUT2D eigenvalue weighted by Gasteiger charge is 2.07. The molecule has 0 aliphatic carbocycles. The number of nitrogens with one attached hydrogen (secondary N) is 1. The third-order valence-electron chi connectivity index (χ3n) is 2.86. The van der Waals surface area contributed by atoms with Crippen LogP contribution in [0.4, 0.5) is 0 Å². The molecule has 0 heterocycles. The van der Waals surface area contributed by atoms with Crippen molar-refractivity contribution in [1.29, 1.82) is 0 Å². The lowest BCUT2D eigenvalue weighted by atomic mass is 10.0. The molecule has 0 aliphatic heterocycles. The van der Waals surface area contributed by atoms with Crippen molar-refractivity contribution in [2.24, 2.45) is 0 Å². The Morgan fingerprint density at radius 1 is 1.22 bits per heavy atom. The Morgan fingerprint density at radius 2 is 1.94 bits per heavy atom. The Bertz CT molecular complexity index is 551. The summed E-state index contributed by atoms with van der Waals surface area (Å²) in [4.78, 5) is 11.7. The highest BCUT2D eigenvalue weighted by Crippen LogP contribution is 2.15. The van der Waals surface area contributed by atoms with Crippen LogP contribution in [-0.4, -0.2) is 23.7 Å². The zero-order chi connectivity index (χ0) is 13.0. The lowest BCUT2D eigenvalue weighted by Crippen LogP contribution is -2.35. The number of rotatable bonds is 4. The van der Waals surface area contributed by atoms with Gasteiger partial charge in [0.15, 0.2) is 0 Å². The fourth-order valence-corrected chi connectivity index (χ4v) is 1.91. The Morgan fingerprint density at radius 3 is 2.67 bits per heavy atom. The zero-order valence-electron chi connectivity index (χ0n) is 10.4. The van der Waals surface area contributed by atoms with Crippen molar-refractivity contribution in [3.05, 3.63) is 48.0 Å². The van der Waals surface area contributed by atoms with Gasteiger partial charge in [-0.1, -0.05) is 42.5 Å². The molecule has 0 aliphatic rings. The molecule has 2 N–H and O–H groups in total. The third-order valence-corrected chi connectivity index (χ3v) is 2.86. The first-order valence-corrected chi connectivity index (χ1v) is 6.07. The highest BCUT2D eigenvalue weighted by atomic mass is 16.3. The van der Waals surface area contributed by atoms with Gasteiger partial charge >= 0.3 is 0 Å². The van der Waals surface area contributed by atoms with Crippen LogP contribution >= 0.6 is 0 Å². The molecule has 0 aromatic heterocycles. The van der Waals surface area contributed by atoms with Crippen LogP contribution < -0.4 is 5.32 Å². The van der Waals surface area contributed by atoms with Crippen LogP contribution in [0.15, 0.2) is 42.5 Å². The number of fused-ring (bicyclic) bond motifs is 1. The van der Waals surface area contributed by atoms with Gasteiger partial charge in [0.2, 0.25) is 5.91 Å². The first-order chi connectivity index (χ1) is 8.69. The van der Waals surface area contributed by atoms with Gasteiger partial charge < -0.3 is 10.4 Å². The molecule has 0 spiro atoms. The van der Waals surface area contributed by atoms with Gasteiger partial charge in [-0.3, -0.25) is 4.79 Å². The first-order valence-electron chi connectivity index (χ1n) is 6.07. The van der Waals surface area contributed by atoms with E-state index in [1.54, 1.807) is 6.92 Å². The number of hydrogen-bond acceptors (Lipinski definition) is 2. The molecule has 1 atom stereocenters.